The minimum absolute atomic E-state index is 0.141. The lowest BCUT2D eigenvalue weighted by Gasteiger charge is -2.29. The lowest BCUT2D eigenvalue weighted by Crippen LogP contribution is -2.37. The molecule has 0 spiro atoms. The summed E-state index contributed by atoms with van der Waals surface area (Å²) in [7, 11) is 4.11. The maximum absolute atomic E-state index is 12.3. The number of quaternary nitrogens is 2. The molecule has 2 heterocycles. The average molecular weight is 850 g/mol. The summed E-state index contributed by atoms with van der Waals surface area (Å²) < 4.78 is 79.5. The number of ether oxygens (including phenoxy) is 1. The van der Waals surface area contributed by atoms with Gasteiger partial charge in [0, 0.05) is 47.5 Å². The van der Waals surface area contributed by atoms with Crippen molar-refractivity contribution >= 4 is 37.3 Å². The second-order valence-electron chi connectivity index (χ2n) is 18.9. The first kappa shape index (κ1) is 46.0. The molecule has 0 aromatic heterocycles. The smallest absolute Gasteiger partial charge is 0.294 e. The summed E-state index contributed by atoms with van der Waals surface area (Å²) in [6, 6.07) is 17.7. The molecule has 3 aromatic rings. The normalized spacial score (nSPS) is 17.6. The highest BCUT2D eigenvalue weighted by Gasteiger charge is 2.45. The van der Waals surface area contributed by atoms with Crippen molar-refractivity contribution in [3.8, 4) is 5.75 Å². The van der Waals surface area contributed by atoms with Gasteiger partial charge in [-0.3, -0.25) is 9.11 Å². The van der Waals surface area contributed by atoms with Crippen LogP contribution in [0.1, 0.15) is 70.6 Å². The highest BCUT2D eigenvalue weighted by atomic mass is 32.2. The van der Waals surface area contributed by atoms with Crippen LogP contribution in [0.25, 0.3) is 0 Å². The number of benzene rings is 3. The molecule has 0 aliphatic carbocycles. The number of nitrogens with zero attached hydrogens (tertiary/aromatic N) is 4. The van der Waals surface area contributed by atoms with E-state index in [0.717, 1.165) is 81.6 Å². The number of allylic oxidation sites excluding steroid dienone is 5. The molecule has 0 atom stereocenters. The van der Waals surface area contributed by atoms with Crippen LogP contribution in [0.15, 0.2) is 106 Å². The molecule has 2 aliphatic heterocycles. The van der Waals surface area contributed by atoms with E-state index < -0.39 is 31.1 Å². The van der Waals surface area contributed by atoms with E-state index in [1.165, 1.54) is 17.7 Å². The predicted octanol–water partition coefficient (Wildman–Crippen LogP) is 7.90. The molecular formula is C46H65N4O7S2+3. The third-order valence-electron chi connectivity index (χ3n) is 11.3. The lowest BCUT2D eigenvalue weighted by atomic mass is 9.81. The molecule has 0 fully saturated rings. The van der Waals surface area contributed by atoms with Crippen LogP contribution in [0.4, 0.5) is 11.4 Å². The van der Waals surface area contributed by atoms with Gasteiger partial charge in [0.05, 0.1) is 77.0 Å². The number of fused-ring (bicyclic) bond motifs is 2. The largest absolute Gasteiger partial charge is 0.457 e. The SMILES string of the molecule is CCCc1ccc(OC(C=CC2=[N+](CCC[N+](C)(C)C)c3ccc(S(=O)(=O)O)cc3C2(C)C)=CC=C2N(CCC[N+](C)(C)C)c3ccc(S(=O)(=O)O)cc3C2(C)C)cc1. The van der Waals surface area contributed by atoms with Crippen molar-refractivity contribution in [3.05, 3.63) is 113 Å². The van der Waals surface area contributed by atoms with E-state index in [9.17, 15) is 25.9 Å². The summed E-state index contributed by atoms with van der Waals surface area (Å²) in [5.41, 5.74) is 5.26. The van der Waals surface area contributed by atoms with Gasteiger partial charge in [0.2, 0.25) is 5.69 Å². The number of hydrogen-bond acceptors (Lipinski definition) is 6. The maximum atomic E-state index is 12.3. The standard InChI is InChI=1S/C46H63N4O7S2/c1-12-15-34-16-18-35(19-17-34)57-36(20-26-43-45(2,3)39-32-37(58(51,52)53)22-24-41(39)47(43)28-13-30-49(6,7)8)21-27-44-46(4,5)40-33-38(59(54,55)56)23-25-42(40)48(44)29-14-31-50(9,10)11/h16-27,32-33H,12-15,28-31H2,1-11H3/q+1/p+2. The molecule has 3 aromatic carbocycles. The topological polar surface area (TPSA) is 124 Å². The Bertz CT molecular complexity index is 2400. The summed E-state index contributed by atoms with van der Waals surface area (Å²) in [6.07, 6.45) is 11.7. The molecule has 0 saturated carbocycles. The van der Waals surface area contributed by atoms with Gasteiger partial charge in [0.15, 0.2) is 12.3 Å². The van der Waals surface area contributed by atoms with E-state index in [1.54, 1.807) is 24.3 Å². The zero-order chi connectivity index (χ0) is 43.8. The van der Waals surface area contributed by atoms with Crippen molar-refractivity contribution in [3.63, 3.8) is 0 Å². The summed E-state index contributed by atoms with van der Waals surface area (Å²) in [5.74, 6) is 1.23. The van der Waals surface area contributed by atoms with Gasteiger partial charge in [-0.1, -0.05) is 39.3 Å². The molecule has 11 nitrogen and oxygen atoms in total. The van der Waals surface area contributed by atoms with E-state index in [2.05, 4.69) is 98.5 Å². The van der Waals surface area contributed by atoms with Gasteiger partial charge in [-0.25, -0.2) is 0 Å². The van der Waals surface area contributed by atoms with Gasteiger partial charge in [-0.15, -0.1) is 0 Å². The fourth-order valence-corrected chi connectivity index (χ4v) is 9.13. The zero-order valence-electron chi connectivity index (χ0n) is 36.8. The second kappa shape index (κ2) is 17.1. The molecule has 0 radical (unpaired) electrons. The first-order chi connectivity index (χ1) is 27.2. The molecule has 0 unspecified atom stereocenters. The molecule has 13 heteroatoms. The van der Waals surface area contributed by atoms with Crippen LogP contribution in [0.5, 0.6) is 5.75 Å². The van der Waals surface area contributed by atoms with Gasteiger partial charge in [-0.2, -0.15) is 21.4 Å². The number of hydrogen-bond donors (Lipinski definition) is 2. The van der Waals surface area contributed by atoms with Crippen LogP contribution in [0.2, 0.25) is 0 Å². The summed E-state index contributed by atoms with van der Waals surface area (Å²) in [6.45, 7) is 13.6. The minimum Gasteiger partial charge on any atom is -0.457 e. The first-order valence-electron chi connectivity index (χ1n) is 20.4. The Kier molecular flexibility index (Phi) is 13.3. The number of aryl methyl sites for hydroxylation is 1. The summed E-state index contributed by atoms with van der Waals surface area (Å²) in [5, 5.41) is 0. The summed E-state index contributed by atoms with van der Waals surface area (Å²) >= 11 is 0. The Hall–Kier alpha value is -4.11. The highest BCUT2D eigenvalue weighted by Crippen LogP contribution is 2.49. The van der Waals surface area contributed by atoms with Crippen LogP contribution in [-0.4, -0.2) is 114 Å². The van der Waals surface area contributed by atoms with Crippen LogP contribution in [-0.2, 0) is 37.5 Å². The van der Waals surface area contributed by atoms with Crippen LogP contribution >= 0.6 is 0 Å². The Balaban J connectivity index is 1.65. The molecule has 0 saturated heterocycles. The second-order valence-corrected chi connectivity index (χ2v) is 21.8. The predicted molar refractivity (Wildman–Crippen MR) is 237 cm³/mol. The lowest BCUT2D eigenvalue weighted by molar-refractivity contribution is -0.871. The van der Waals surface area contributed by atoms with Gasteiger partial charge in [-0.05, 0) is 92.1 Å². The van der Waals surface area contributed by atoms with E-state index in [1.807, 2.05) is 36.4 Å². The zero-order valence-corrected chi connectivity index (χ0v) is 38.4. The molecule has 59 heavy (non-hydrogen) atoms. The molecule has 0 amide bonds. The van der Waals surface area contributed by atoms with Crippen molar-refractivity contribution in [2.45, 2.75) is 80.9 Å². The Morgan fingerprint density at radius 3 is 1.93 bits per heavy atom. The van der Waals surface area contributed by atoms with Crippen molar-refractivity contribution in [1.29, 1.82) is 0 Å². The molecule has 2 aliphatic rings. The molecule has 2 N–H and O–H groups in total. The number of anilines is 1. The quantitative estimate of drug-likeness (QED) is 0.0462. The molecule has 5 rings (SSSR count). The Morgan fingerprint density at radius 1 is 0.780 bits per heavy atom. The molecule has 320 valence electrons. The number of rotatable bonds is 17. The van der Waals surface area contributed by atoms with Gasteiger partial charge in [0.1, 0.15) is 11.5 Å². The van der Waals surface area contributed by atoms with Crippen molar-refractivity contribution in [2.75, 3.05) is 73.4 Å². The first-order valence-corrected chi connectivity index (χ1v) is 23.3. The van der Waals surface area contributed by atoms with E-state index in [0.29, 0.717) is 24.6 Å². The Morgan fingerprint density at radius 2 is 1.36 bits per heavy atom. The van der Waals surface area contributed by atoms with Crippen LogP contribution < -0.4 is 9.64 Å². The monoisotopic (exact) mass is 849 g/mol. The van der Waals surface area contributed by atoms with Crippen LogP contribution in [0.3, 0.4) is 0 Å². The minimum atomic E-state index is -4.42. The van der Waals surface area contributed by atoms with Crippen molar-refractivity contribution in [1.82, 2.24) is 0 Å². The van der Waals surface area contributed by atoms with Crippen molar-refractivity contribution in [2.24, 2.45) is 0 Å². The average Bonchev–Trinajstić information content (AvgIpc) is 3.46. The fourth-order valence-electron chi connectivity index (χ4n) is 8.11. The Labute approximate surface area is 353 Å². The van der Waals surface area contributed by atoms with E-state index in [-0.39, 0.29) is 9.79 Å². The fraction of sp³-hybridized carbons (Fsp3) is 0.457. The third-order valence-corrected chi connectivity index (χ3v) is 13.0. The van der Waals surface area contributed by atoms with Gasteiger partial charge >= 0.3 is 0 Å². The highest BCUT2D eigenvalue weighted by molar-refractivity contribution is 7.86. The van der Waals surface area contributed by atoms with Gasteiger partial charge in [0.25, 0.3) is 20.2 Å². The maximum Gasteiger partial charge on any atom is 0.294 e. The van der Waals surface area contributed by atoms with Gasteiger partial charge < -0.3 is 18.6 Å². The third kappa shape index (κ3) is 11.0. The van der Waals surface area contributed by atoms with E-state index >= 15 is 0 Å². The van der Waals surface area contributed by atoms with Crippen molar-refractivity contribution < 1.29 is 44.2 Å². The molecule has 0 bridgehead atoms. The van der Waals surface area contributed by atoms with E-state index in [4.69, 9.17) is 4.74 Å². The molecular weight excluding hydrogens is 785 g/mol. The van der Waals surface area contributed by atoms with Crippen LogP contribution in [0, 0.1) is 0 Å². The summed E-state index contributed by atoms with van der Waals surface area (Å²) in [4.78, 5) is 1.96.